The molecule has 1 saturated carbocycles. The summed E-state index contributed by atoms with van der Waals surface area (Å²) in [6, 6.07) is 10.2. The van der Waals surface area contributed by atoms with Crippen LogP contribution in [0.15, 0.2) is 48.6 Å². The third-order valence-electron chi connectivity index (χ3n) is 16.6. The number of aliphatic hydroxyl groups is 2. The van der Waals surface area contributed by atoms with Gasteiger partial charge in [-0.3, -0.25) is 24.2 Å². The first-order valence-electron chi connectivity index (χ1n) is 23.8. The van der Waals surface area contributed by atoms with Crippen LogP contribution in [-0.4, -0.2) is 151 Å². The molecule has 2 saturated heterocycles. The number of methoxy groups -OCH3 is 3. The molecule has 0 unspecified atom stereocenters. The minimum absolute atomic E-state index is 0.0208. The summed E-state index contributed by atoms with van der Waals surface area (Å²) in [5.41, 5.74) is 3.54. The number of likely N-dealkylation sites (N-methyl/N-ethyl adjacent to an activating group) is 1. The van der Waals surface area contributed by atoms with Gasteiger partial charge in [-0.2, -0.15) is 0 Å². The fourth-order valence-corrected chi connectivity index (χ4v) is 13.8. The zero-order valence-electron chi connectivity index (χ0n) is 40.4. The Labute approximate surface area is 392 Å². The molecule has 0 amide bonds. The first-order valence-corrected chi connectivity index (χ1v) is 23.8. The number of carboxylic acids is 1. The number of hydrogen-bond acceptors (Lipinski definition) is 14. The van der Waals surface area contributed by atoms with Gasteiger partial charge in [0.25, 0.3) is 0 Å². The minimum Gasteiger partial charge on any atom is -0.496 e. The summed E-state index contributed by atoms with van der Waals surface area (Å²) < 4.78 is 23.9. The monoisotopic (exact) mass is 927 g/mol. The van der Waals surface area contributed by atoms with Crippen molar-refractivity contribution in [3.05, 3.63) is 70.9 Å². The van der Waals surface area contributed by atoms with Crippen molar-refractivity contribution in [1.29, 1.82) is 0 Å². The maximum absolute atomic E-state index is 15.3. The molecule has 364 valence electrons. The average molecular weight is 928 g/mol. The molecule has 2 bridgehead atoms. The van der Waals surface area contributed by atoms with Gasteiger partial charge in [-0.05, 0) is 80.2 Å². The summed E-state index contributed by atoms with van der Waals surface area (Å²) in [7, 11) is 6.15. The summed E-state index contributed by atoms with van der Waals surface area (Å²) in [6.07, 6.45) is 5.94. The smallest absolute Gasteiger partial charge is 0.344 e. The molecule has 0 radical (unpaired) electrons. The van der Waals surface area contributed by atoms with E-state index in [1.54, 1.807) is 21.0 Å². The molecule has 2 aromatic carbocycles. The molecule has 3 fully saturated rings. The molecule has 16 heteroatoms. The van der Waals surface area contributed by atoms with E-state index in [1.807, 2.05) is 50.1 Å². The summed E-state index contributed by atoms with van der Waals surface area (Å²) in [5.74, 6) is -2.47. The maximum atomic E-state index is 15.3. The lowest BCUT2D eigenvalue weighted by atomic mass is 9.47. The highest BCUT2D eigenvalue weighted by Gasteiger charge is 2.80. The van der Waals surface area contributed by atoms with Gasteiger partial charge in [-0.15, -0.1) is 0 Å². The number of rotatable bonds is 9. The number of carbonyl (C=O) groups excluding carboxylic acids is 3. The molecule has 6 aliphatic rings. The lowest BCUT2D eigenvalue weighted by Gasteiger charge is -2.63. The molecule has 6 heterocycles. The van der Waals surface area contributed by atoms with Crippen LogP contribution in [0.3, 0.4) is 0 Å². The number of benzene rings is 2. The van der Waals surface area contributed by atoms with E-state index < -0.39 is 69.5 Å². The topological polar surface area (TPSA) is 217 Å². The SMILES string of the molecule is CC(C)[C@H](N)C(=O)O.CC[C@]1(O)C[C@@H]2C[N@@](CCc3c([nH]c4ccccc34)[C@@](C(=O)OC)(c3cc4c(cc3OC)N(C)[C@H]3[C@@](O)(C(=O)OC)[C@H](OC(C)=O)[C@]5(CC)C=CCN6CC[C@]43[C@@H]65)C2)C1. The molecule has 1 aliphatic carbocycles. The van der Waals surface area contributed by atoms with E-state index in [4.69, 9.17) is 29.8 Å². The highest BCUT2D eigenvalue weighted by atomic mass is 16.6. The average Bonchev–Trinajstić information content (AvgIpc) is 3.97. The van der Waals surface area contributed by atoms with Gasteiger partial charge in [-0.25, -0.2) is 4.79 Å². The van der Waals surface area contributed by atoms with E-state index in [0.717, 1.165) is 33.4 Å². The summed E-state index contributed by atoms with van der Waals surface area (Å²) in [6.45, 7) is 12.2. The number of nitrogens with zero attached hydrogens (tertiary/aromatic N) is 3. The lowest BCUT2D eigenvalue weighted by Crippen LogP contribution is -2.81. The van der Waals surface area contributed by atoms with E-state index in [-0.39, 0.29) is 17.9 Å². The van der Waals surface area contributed by atoms with Crippen molar-refractivity contribution in [1.82, 2.24) is 14.8 Å². The Bertz CT molecular complexity index is 2470. The predicted octanol–water partition coefficient (Wildman–Crippen LogP) is 4.05. The van der Waals surface area contributed by atoms with Crippen LogP contribution in [0.5, 0.6) is 5.75 Å². The number of anilines is 1. The Hall–Kier alpha value is -5.00. The second-order valence-corrected chi connectivity index (χ2v) is 20.3. The summed E-state index contributed by atoms with van der Waals surface area (Å²) in [4.78, 5) is 63.2. The van der Waals surface area contributed by atoms with Crippen LogP contribution in [0.1, 0.15) is 89.1 Å². The number of carboxylic acid groups (broad SMARTS) is 1. The second kappa shape index (κ2) is 17.5. The van der Waals surface area contributed by atoms with Gasteiger partial charge in [0.2, 0.25) is 5.60 Å². The number of para-hydroxylation sites is 1. The Morgan fingerprint density at radius 3 is 2.28 bits per heavy atom. The normalized spacial score (nSPS) is 34.2. The highest BCUT2D eigenvalue weighted by Crippen LogP contribution is 2.68. The quantitative estimate of drug-likeness (QED) is 0.116. The zero-order valence-corrected chi connectivity index (χ0v) is 40.4. The van der Waals surface area contributed by atoms with Gasteiger partial charge in [0.15, 0.2) is 6.10 Å². The number of nitrogens with two attached hydrogens (primary N) is 1. The Balaban J connectivity index is 0.000000698. The lowest BCUT2D eigenvalue weighted by molar-refractivity contribution is -0.228. The van der Waals surface area contributed by atoms with Crippen LogP contribution in [0.2, 0.25) is 0 Å². The molecule has 1 spiro atoms. The van der Waals surface area contributed by atoms with Crippen molar-refractivity contribution in [3.63, 3.8) is 0 Å². The fourth-order valence-electron chi connectivity index (χ4n) is 13.8. The minimum atomic E-state index is -2.30. The van der Waals surface area contributed by atoms with Crippen LogP contribution in [0, 0.1) is 17.3 Å². The largest absolute Gasteiger partial charge is 0.496 e. The number of aromatic amines is 1. The number of H-pyrrole nitrogens is 1. The molecule has 67 heavy (non-hydrogen) atoms. The van der Waals surface area contributed by atoms with Crippen LogP contribution < -0.4 is 15.4 Å². The number of fused-ring (bicyclic) bond motifs is 6. The van der Waals surface area contributed by atoms with Crippen molar-refractivity contribution in [2.45, 2.75) is 119 Å². The van der Waals surface area contributed by atoms with Crippen molar-refractivity contribution in [3.8, 4) is 5.75 Å². The van der Waals surface area contributed by atoms with Gasteiger partial charge in [0.05, 0.1) is 33.0 Å². The molecule has 5 aliphatic heterocycles. The fraction of sp³-hybridized carbons (Fsp3) is 0.608. The first-order chi connectivity index (χ1) is 31.8. The number of nitrogens with one attached hydrogen (secondary N) is 1. The van der Waals surface area contributed by atoms with Gasteiger partial charge < -0.3 is 49.9 Å². The number of aliphatic carboxylic acids is 1. The van der Waals surface area contributed by atoms with E-state index in [1.165, 1.54) is 21.1 Å². The van der Waals surface area contributed by atoms with E-state index in [2.05, 4.69) is 39.1 Å². The van der Waals surface area contributed by atoms with Gasteiger partial charge in [0, 0.05) is 90.9 Å². The van der Waals surface area contributed by atoms with Crippen molar-refractivity contribution in [2.75, 3.05) is 66.0 Å². The second-order valence-electron chi connectivity index (χ2n) is 20.3. The molecular formula is C51H69N5O11. The Kier molecular flexibility index (Phi) is 12.7. The maximum Gasteiger partial charge on any atom is 0.344 e. The van der Waals surface area contributed by atoms with Crippen LogP contribution >= 0.6 is 0 Å². The van der Waals surface area contributed by atoms with E-state index in [9.17, 15) is 24.6 Å². The van der Waals surface area contributed by atoms with Crippen molar-refractivity contribution < 1.29 is 53.4 Å². The highest BCUT2D eigenvalue weighted by molar-refractivity contribution is 5.95. The summed E-state index contributed by atoms with van der Waals surface area (Å²) >= 11 is 0. The molecular weight excluding hydrogens is 859 g/mol. The van der Waals surface area contributed by atoms with E-state index >= 15 is 4.79 Å². The predicted molar refractivity (Wildman–Crippen MR) is 251 cm³/mol. The third-order valence-corrected chi connectivity index (χ3v) is 16.6. The Morgan fingerprint density at radius 1 is 0.955 bits per heavy atom. The van der Waals surface area contributed by atoms with E-state index in [0.29, 0.717) is 82.6 Å². The number of esters is 3. The molecule has 16 nitrogen and oxygen atoms in total. The first kappa shape index (κ1) is 48.5. The van der Waals surface area contributed by atoms with Gasteiger partial charge >= 0.3 is 23.9 Å². The number of piperidine rings is 1. The summed E-state index contributed by atoms with van der Waals surface area (Å²) in [5, 5.41) is 34.6. The Morgan fingerprint density at radius 2 is 1.67 bits per heavy atom. The van der Waals surface area contributed by atoms with Crippen molar-refractivity contribution in [2.24, 2.45) is 23.0 Å². The van der Waals surface area contributed by atoms with Crippen LogP contribution in [-0.2, 0) is 50.6 Å². The molecule has 9 rings (SSSR count). The third kappa shape index (κ3) is 7.09. The molecule has 11 atom stereocenters. The molecule has 3 aromatic rings. The van der Waals surface area contributed by atoms with Crippen LogP contribution in [0.4, 0.5) is 5.69 Å². The van der Waals surface area contributed by atoms with Gasteiger partial charge in [-0.1, -0.05) is 58.0 Å². The zero-order chi connectivity index (χ0) is 48.6. The van der Waals surface area contributed by atoms with Crippen molar-refractivity contribution >= 4 is 40.5 Å². The standard InChI is InChI=1S/C46H58N4O9.C5H11NO2/c1-8-42(54)23-28-24-45(40(52)57-6,36-30(15-19-49(25-28)26-42)29-13-10-11-14-33(29)47-36)32-21-31-34(22-35(32)56-5)48(4)38-44(31)17-20-50-18-12-16-43(9-2,37(44)50)39(59-27(3)51)46(38,55)41(53)58-7;1-3(2)4(6)5(7)8/h10-14,16,21-22,28,37-39,47,54-55H,8-9,15,17-20,23-26H2,1-7H3;3-4H,6H2,1-2H3,(H,7,8)/t28-,37-,38+,39+,42-,43+,44+,45-,46-;4-/m00/s1. The molecule has 6 N–H and O–H groups in total. The van der Waals surface area contributed by atoms with Gasteiger partial charge in [0.1, 0.15) is 17.2 Å². The van der Waals surface area contributed by atoms with Crippen LogP contribution in [0.25, 0.3) is 10.9 Å². The number of aromatic nitrogens is 1. The number of carbonyl (C=O) groups is 4. The number of hydrogen-bond donors (Lipinski definition) is 5. The number of ether oxygens (including phenoxy) is 4. The molecule has 1 aromatic heterocycles.